The number of benzene rings is 1. The number of non-ortho nitro benzene ring substituents is 1. The van der Waals surface area contributed by atoms with Crippen molar-refractivity contribution in [1.29, 1.82) is 0 Å². The van der Waals surface area contributed by atoms with Gasteiger partial charge in [0.1, 0.15) is 6.61 Å². The Morgan fingerprint density at radius 2 is 1.87 bits per heavy atom. The molecule has 0 bridgehead atoms. The van der Waals surface area contributed by atoms with E-state index in [9.17, 15) is 19.7 Å². The molecule has 9 nitrogen and oxygen atoms in total. The van der Waals surface area contributed by atoms with Gasteiger partial charge in [0.05, 0.1) is 4.92 Å². The van der Waals surface area contributed by atoms with Gasteiger partial charge in [-0.15, -0.1) is 0 Å². The first kappa shape index (κ1) is 18.4. The summed E-state index contributed by atoms with van der Waals surface area (Å²) >= 11 is 0. The first-order chi connectivity index (χ1) is 11.0. The normalized spacial score (nSPS) is 9.96. The molecular weight excluding hydrogens is 306 g/mol. The molecule has 1 rings (SSSR count). The van der Waals surface area contributed by atoms with Crippen molar-refractivity contribution in [3.63, 3.8) is 0 Å². The number of carbonyl (C=O) groups is 2. The summed E-state index contributed by atoms with van der Waals surface area (Å²) in [6.45, 7) is 2.36. The third kappa shape index (κ3) is 7.77. The summed E-state index contributed by atoms with van der Waals surface area (Å²) in [6.07, 6.45) is 0. The van der Waals surface area contributed by atoms with E-state index < -0.39 is 16.8 Å². The summed E-state index contributed by atoms with van der Waals surface area (Å²) in [5.41, 5.74) is 0.714. The molecule has 126 valence electrons. The van der Waals surface area contributed by atoms with Gasteiger partial charge in [-0.25, -0.2) is 4.79 Å². The second-order valence-electron chi connectivity index (χ2n) is 4.38. The topological polar surface area (TPSA) is 120 Å². The molecule has 1 amide bonds. The minimum absolute atomic E-state index is 0.0118. The van der Waals surface area contributed by atoms with Gasteiger partial charge in [0.25, 0.3) is 11.6 Å². The van der Waals surface area contributed by atoms with Crippen LogP contribution in [0.1, 0.15) is 6.92 Å². The van der Waals surface area contributed by atoms with Crippen molar-refractivity contribution < 1.29 is 24.0 Å². The van der Waals surface area contributed by atoms with Gasteiger partial charge < -0.3 is 20.1 Å². The van der Waals surface area contributed by atoms with Gasteiger partial charge in [-0.3, -0.25) is 14.9 Å². The number of amides is 1. The average molecular weight is 325 g/mol. The molecule has 1 aromatic carbocycles. The number of nitro benzene ring substituents is 1. The van der Waals surface area contributed by atoms with Crippen LogP contribution in [0.5, 0.6) is 0 Å². The molecule has 0 heterocycles. The Morgan fingerprint density at radius 1 is 1.17 bits per heavy atom. The van der Waals surface area contributed by atoms with Gasteiger partial charge in [0, 0.05) is 37.5 Å². The van der Waals surface area contributed by atoms with Gasteiger partial charge in [0.2, 0.25) is 0 Å². The predicted octanol–water partition coefficient (Wildman–Crippen LogP) is 0.703. The third-order valence-corrected chi connectivity index (χ3v) is 2.64. The predicted molar refractivity (Wildman–Crippen MR) is 82.0 cm³/mol. The van der Waals surface area contributed by atoms with E-state index in [1.165, 1.54) is 12.1 Å². The molecule has 0 unspecified atom stereocenters. The first-order valence-corrected chi connectivity index (χ1v) is 7.01. The lowest BCUT2D eigenvalue weighted by Crippen LogP contribution is -2.33. The maximum atomic E-state index is 11.4. The van der Waals surface area contributed by atoms with Crippen molar-refractivity contribution in [3.8, 4) is 0 Å². The Balaban J connectivity index is 2.15. The maximum absolute atomic E-state index is 11.4. The Hall–Kier alpha value is -2.68. The van der Waals surface area contributed by atoms with Crippen LogP contribution in [0.2, 0.25) is 0 Å². The molecular formula is C14H19N3O6. The SMILES string of the molecule is CCOCC(=O)OCC(=O)NCCNc1ccc([N+](=O)[O-])cc1. The van der Waals surface area contributed by atoms with Gasteiger partial charge >= 0.3 is 5.97 Å². The average Bonchev–Trinajstić information content (AvgIpc) is 2.55. The number of nitrogens with one attached hydrogen (secondary N) is 2. The summed E-state index contributed by atoms with van der Waals surface area (Å²) in [4.78, 5) is 32.6. The van der Waals surface area contributed by atoms with Crippen molar-refractivity contribution in [3.05, 3.63) is 34.4 Å². The molecule has 23 heavy (non-hydrogen) atoms. The zero-order valence-corrected chi connectivity index (χ0v) is 12.7. The molecule has 0 aliphatic rings. The lowest BCUT2D eigenvalue weighted by Gasteiger charge is -2.08. The van der Waals surface area contributed by atoms with Crippen LogP contribution in [0.15, 0.2) is 24.3 Å². The molecule has 0 saturated heterocycles. The molecule has 9 heteroatoms. The molecule has 0 atom stereocenters. The molecule has 0 saturated carbocycles. The highest BCUT2D eigenvalue weighted by atomic mass is 16.6. The highest BCUT2D eigenvalue weighted by Crippen LogP contribution is 2.14. The quantitative estimate of drug-likeness (QED) is 0.281. The van der Waals surface area contributed by atoms with E-state index in [2.05, 4.69) is 10.6 Å². The zero-order chi connectivity index (χ0) is 17.1. The van der Waals surface area contributed by atoms with Crippen LogP contribution in [0.3, 0.4) is 0 Å². The number of ether oxygens (including phenoxy) is 2. The largest absolute Gasteiger partial charge is 0.454 e. The number of carbonyl (C=O) groups excluding carboxylic acids is 2. The van der Waals surface area contributed by atoms with E-state index in [-0.39, 0.29) is 18.9 Å². The minimum atomic E-state index is -0.592. The van der Waals surface area contributed by atoms with Crippen LogP contribution in [-0.2, 0) is 19.1 Å². The number of anilines is 1. The van der Waals surface area contributed by atoms with Crippen molar-refractivity contribution in [1.82, 2.24) is 5.32 Å². The monoisotopic (exact) mass is 325 g/mol. The molecule has 0 spiro atoms. The first-order valence-electron chi connectivity index (χ1n) is 7.01. The number of hydrogen-bond acceptors (Lipinski definition) is 7. The highest BCUT2D eigenvalue weighted by Gasteiger charge is 2.07. The van der Waals surface area contributed by atoms with Crippen LogP contribution in [0.25, 0.3) is 0 Å². The Morgan fingerprint density at radius 3 is 2.48 bits per heavy atom. The molecule has 0 radical (unpaired) electrons. The summed E-state index contributed by atoms with van der Waals surface area (Å²) < 4.78 is 9.54. The zero-order valence-electron chi connectivity index (χ0n) is 12.7. The van der Waals surface area contributed by atoms with Crippen molar-refractivity contribution in [2.45, 2.75) is 6.92 Å². The molecule has 0 fully saturated rings. The number of esters is 1. The van der Waals surface area contributed by atoms with Crippen LogP contribution >= 0.6 is 0 Å². The minimum Gasteiger partial charge on any atom is -0.454 e. The smallest absolute Gasteiger partial charge is 0.332 e. The lowest BCUT2D eigenvalue weighted by molar-refractivity contribution is -0.384. The van der Waals surface area contributed by atoms with E-state index >= 15 is 0 Å². The lowest BCUT2D eigenvalue weighted by atomic mass is 10.3. The summed E-state index contributed by atoms with van der Waals surface area (Å²) in [5.74, 6) is -1.01. The number of nitro groups is 1. The van der Waals surface area contributed by atoms with Gasteiger partial charge in [-0.1, -0.05) is 0 Å². The van der Waals surface area contributed by atoms with Crippen molar-refractivity contribution in [2.24, 2.45) is 0 Å². The second kappa shape index (κ2) is 10.1. The Kier molecular flexibility index (Phi) is 8.08. The van der Waals surface area contributed by atoms with Gasteiger partial charge in [-0.05, 0) is 19.1 Å². The Bertz CT molecular complexity index is 532. The van der Waals surface area contributed by atoms with E-state index in [0.29, 0.717) is 25.4 Å². The fourth-order valence-electron chi connectivity index (χ4n) is 1.53. The number of rotatable bonds is 10. The Labute approximate surface area is 133 Å². The van der Waals surface area contributed by atoms with Crippen LogP contribution in [0.4, 0.5) is 11.4 Å². The standard InChI is InChI=1S/C14H19N3O6/c1-2-22-10-14(19)23-9-13(18)16-8-7-15-11-3-5-12(6-4-11)17(20)21/h3-6,15H,2,7-10H2,1H3,(H,16,18). The summed E-state index contributed by atoms with van der Waals surface area (Å²) in [5, 5.41) is 16.1. The van der Waals surface area contributed by atoms with E-state index in [1.807, 2.05) is 0 Å². The third-order valence-electron chi connectivity index (χ3n) is 2.64. The fraction of sp³-hybridized carbons (Fsp3) is 0.429. The van der Waals surface area contributed by atoms with E-state index in [0.717, 1.165) is 0 Å². The molecule has 1 aromatic rings. The number of hydrogen-bond donors (Lipinski definition) is 2. The van der Waals surface area contributed by atoms with Gasteiger partial charge in [-0.2, -0.15) is 0 Å². The molecule has 2 N–H and O–H groups in total. The molecule has 0 aliphatic carbocycles. The summed E-state index contributed by atoms with van der Waals surface area (Å²) in [7, 11) is 0. The van der Waals surface area contributed by atoms with E-state index in [4.69, 9.17) is 9.47 Å². The van der Waals surface area contributed by atoms with Crippen molar-refractivity contribution >= 4 is 23.3 Å². The summed E-state index contributed by atoms with van der Waals surface area (Å²) in [6, 6.07) is 5.93. The van der Waals surface area contributed by atoms with Crippen molar-refractivity contribution in [2.75, 3.05) is 38.2 Å². The molecule has 0 aromatic heterocycles. The van der Waals surface area contributed by atoms with Crippen LogP contribution < -0.4 is 10.6 Å². The number of nitrogens with zero attached hydrogens (tertiary/aromatic N) is 1. The molecule has 0 aliphatic heterocycles. The van der Waals surface area contributed by atoms with Crippen LogP contribution in [-0.4, -0.2) is 49.7 Å². The maximum Gasteiger partial charge on any atom is 0.332 e. The highest BCUT2D eigenvalue weighted by molar-refractivity contribution is 5.80. The van der Waals surface area contributed by atoms with E-state index in [1.54, 1.807) is 19.1 Å². The van der Waals surface area contributed by atoms with Crippen LogP contribution in [0, 0.1) is 10.1 Å². The second-order valence-corrected chi connectivity index (χ2v) is 4.38. The van der Waals surface area contributed by atoms with Gasteiger partial charge in [0.15, 0.2) is 6.61 Å². The fourth-order valence-corrected chi connectivity index (χ4v) is 1.53.